The van der Waals surface area contributed by atoms with E-state index in [9.17, 15) is 0 Å². The number of fused-ring (bicyclic) bond motifs is 5. The van der Waals surface area contributed by atoms with E-state index in [0.29, 0.717) is 5.41 Å². The molecule has 4 rings (SSSR count). The topological polar surface area (TPSA) is 4.93 Å². The number of aryl methyl sites for hydroxylation is 1. The zero-order valence-corrected chi connectivity index (χ0v) is 10.2. The number of nitrogens with zero attached hydrogens (tertiary/aromatic N) is 1. The maximum Gasteiger partial charge on any atom is 0.0230 e. The number of benzene rings is 1. The molecule has 0 radical (unpaired) electrons. The van der Waals surface area contributed by atoms with E-state index in [1.807, 2.05) is 0 Å². The Balaban J connectivity index is 2.08. The van der Waals surface area contributed by atoms with Gasteiger partial charge in [0, 0.05) is 30.4 Å². The van der Waals surface area contributed by atoms with Gasteiger partial charge in [-0.15, -0.1) is 0 Å². The van der Waals surface area contributed by atoms with E-state index in [1.165, 1.54) is 36.8 Å². The minimum absolute atomic E-state index is 0.354. The van der Waals surface area contributed by atoms with Crippen molar-refractivity contribution in [3.63, 3.8) is 0 Å². The Hall–Kier alpha value is -1.50. The summed E-state index contributed by atoms with van der Waals surface area (Å²) in [7, 11) is 2.14. The summed E-state index contributed by atoms with van der Waals surface area (Å²) in [6.45, 7) is 0. The van der Waals surface area contributed by atoms with Gasteiger partial charge in [0.15, 0.2) is 0 Å². The summed E-state index contributed by atoms with van der Waals surface area (Å²) < 4.78 is 2.22. The van der Waals surface area contributed by atoms with Crippen LogP contribution in [-0.2, 0) is 12.5 Å². The van der Waals surface area contributed by atoms with Crippen LogP contribution in [0.15, 0.2) is 36.7 Å². The van der Waals surface area contributed by atoms with Gasteiger partial charge < -0.3 is 4.57 Å². The normalized spacial score (nSPS) is 19.6. The van der Waals surface area contributed by atoms with Crippen molar-refractivity contribution < 1.29 is 0 Å². The second-order valence-electron chi connectivity index (χ2n) is 5.59. The first-order valence-corrected chi connectivity index (χ1v) is 6.58. The molecular formula is C16H17N. The van der Waals surface area contributed by atoms with Crippen LogP contribution < -0.4 is 0 Å². The van der Waals surface area contributed by atoms with Crippen molar-refractivity contribution in [1.29, 1.82) is 0 Å². The lowest BCUT2D eigenvalue weighted by Crippen LogP contribution is -2.20. The van der Waals surface area contributed by atoms with E-state index in [4.69, 9.17) is 0 Å². The maximum atomic E-state index is 2.35. The lowest BCUT2D eigenvalue weighted by Gasteiger charge is -2.25. The minimum atomic E-state index is 0.354. The number of aromatic nitrogens is 1. The fourth-order valence-electron chi connectivity index (χ4n) is 3.98. The predicted molar refractivity (Wildman–Crippen MR) is 70.1 cm³/mol. The highest BCUT2D eigenvalue weighted by Gasteiger charge is 2.45. The summed E-state index contributed by atoms with van der Waals surface area (Å²) in [5, 5.41) is 0. The molecule has 1 fully saturated rings. The molecule has 1 aromatic heterocycles. The van der Waals surface area contributed by atoms with Crippen molar-refractivity contribution in [2.45, 2.75) is 31.1 Å². The molecule has 0 saturated heterocycles. The first-order valence-electron chi connectivity index (χ1n) is 6.58. The Kier molecular flexibility index (Phi) is 1.70. The third kappa shape index (κ3) is 1.05. The van der Waals surface area contributed by atoms with Crippen molar-refractivity contribution >= 4 is 0 Å². The molecule has 0 atom stereocenters. The van der Waals surface area contributed by atoms with Crippen molar-refractivity contribution in [3.8, 4) is 11.1 Å². The summed E-state index contributed by atoms with van der Waals surface area (Å²) in [4.78, 5) is 0. The van der Waals surface area contributed by atoms with E-state index in [0.717, 1.165) is 0 Å². The number of hydrogen-bond acceptors (Lipinski definition) is 0. The average Bonchev–Trinajstić information content (AvgIpc) is 3.00. The Bertz CT molecular complexity index is 585. The van der Waals surface area contributed by atoms with E-state index < -0.39 is 0 Å². The fraction of sp³-hybridized carbons (Fsp3) is 0.375. The molecule has 17 heavy (non-hydrogen) atoms. The van der Waals surface area contributed by atoms with Gasteiger partial charge in [0.1, 0.15) is 0 Å². The highest BCUT2D eigenvalue weighted by molar-refractivity contribution is 5.81. The Morgan fingerprint density at radius 3 is 2.53 bits per heavy atom. The summed E-state index contributed by atoms with van der Waals surface area (Å²) in [5.41, 5.74) is 6.48. The van der Waals surface area contributed by atoms with E-state index >= 15 is 0 Å². The Morgan fingerprint density at radius 1 is 0.941 bits per heavy atom. The Labute approximate surface area is 102 Å². The molecule has 0 amide bonds. The van der Waals surface area contributed by atoms with Gasteiger partial charge in [-0.1, -0.05) is 37.1 Å². The molecule has 0 bridgehead atoms. The van der Waals surface area contributed by atoms with Crippen molar-refractivity contribution in [2.75, 3.05) is 0 Å². The molecule has 86 valence electrons. The van der Waals surface area contributed by atoms with Crippen molar-refractivity contribution in [2.24, 2.45) is 7.05 Å². The van der Waals surface area contributed by atoms with Crippen molar-refractivity contribution in [3.05, 3.63) is 47.8 Å². The SMILES string of the molecule is Cn1cc2c(c1)C1(CCCC1)c1ccccc1-2. The van der Waals surface area contributed by atoms with Gasteiger partial charge in [-0.2, -0.15) is 0 Å². The van der Waals surface area contributed by atoms with Gasteiger partial charge in [0.05, 0.1) is 0 Å². The highest BCUT2D eigenvalue weighted by Crippen LogP contribution is 2.56. The van der Waals surface area contributed by atoms with Gasteiger partial charge in [-0.25, -0.2) is 0 Å². The van der Waals surface area contributed by atoms with Crippen LogP contribution in [0, 0.1) is 0 Å². The molecule has 0 N–H and O–H groups in total. The highest BCUT2D eigenvalue weighted by atomic mass is 14.9. The minimum Gasteiger partial charge on any atom is -0.356 e. The fourth-order valence-corrected chi connectivity index (χ4v) is 3.98. The van der Waals surface area contributed by atoms with E-state index in [-0.39, 0.29) is 0 Å². The smallest absolute Gasteiger partial charge is 0.0230 e. The monoisotopic (exact) mass is 223 g/mol. The van der Waals surface area contributed by atoms with Gasteiger partial charge in [-0.3, -0.25) is 0 Å². The predicted octanol–water partition coefficient (Wildman–Crippen LogP) is 3.87. The van der Waals surface area contributed by atoms with Crippen molar-refractivity contribution in [1.82, 2.24) is 4.57 Å². The molecular weight excluding hydrogens is 206 g/mol. The van der Waals surface area contributed by atoms with Gasteiger partial charge in [0.25, 0.3) is 0 Å². The summed E-state index contributed by atoms with van der Waals surface area (Å²) in [6, 6.07) is 9.01. The quantitative estimate of drug-likeness (QED) is 0.639. The van der Waals surface area contributed by atoms with Crippen LogP contribution in [0.2, 0.25) is 0 Å². The van der Waals surface area contributed by atoms with Crippen LogP contribution in [0.25, 0.3) is 11.1 Å². The molecule has 0 aliphatic heterocycles. The molecule has 2 aliphatic rings. The molecule has 1 saturated carbocycles. The largest absolute Gasteiger partial charge is 0.356 e. The molecule has 2 aliphatic carbocycles. The molecule has 2 aromatic rings. The number of hydrogen-bond donors (Lipinski definition) is 0. The summed E-state index contributed by atoms with van der Waals surface area (Å²) in [5.74, 6) is 0. The van der Waals surface area contributed by atoms with E-state index in [2.05, 4.69) is 48.3 Å². The molecule has 1 nitrogen and oxygen atoms in total. The third-order valence-corrected chi connectivity index (χ3v) is 4.66. The van der Waals surface area contributed by atoms with Gasteiger partial charge in [-0.05, 0) is 29.5 Å². The molecule has 1 spiro atoms. The van der Waals surface area contributed by atoms with Crippen LogP contribution >= 0.6 is 0 Å². The third-order valence-electron chi connectivity index (χ3n) is 4.66. The first-order chi connectivity index (χ1) is 8.31. The van der Waals surface area contributed by atoms with Crippen LogP contribution in [0.4, 0.5) is 0 Å². The zero-order valence-electron chi connectivity index (χ0n) is 10.2. The van der Waals surface area contributed by atoms with Crippen LogP contribution in [0.1, 0.15) is 36.8 Å². The summed E-state index contributed by atoms with van der Waals surface area (Å²) in [6.07, 6.45) is 10.1. The second-order valence-corrected chi connectivity index (χ2v) is 5.59. The Morgan fingerprint density at radius 2 is 1.71 bits per heavy atom. The van der Waals surface area contributed by atoms with Gasteiger partial charge in [0.2, 0.25) is 0 Å². The standard InChI is InChI=1S/C16H17N/c1-17-10-13-12-6-2-3-7-14(12)16(15(13)11-17)8-4-5-9-16/h2-3,6-7,10-11H,4-5,8-9H2,1H3. The molecule has 1 aromatic carbocycles. The summed E-state index contributed by atoms with van der Waals surface area (Å²) >= 11 is 0. The zero-order chi connectivity index (χ0) is 11.5. The van der Waals surface area contributed by atoms with Crippen LogP contribution in [-0.4, -0.2) is 4.57 Å². The molecule has 0 unspecified atom stereocenters. The van der Waals surface area contributed by atoms with E-state index in [1.54, 1.807) is 11.1 Å². The first kappa shape index (κ1) is 9.52. The molecule has 1 heteroatoms. The lowest BCUT2D eigenvalue weighted by atomic mass is 9.77. The van der Waals surface area contributed by atoms with Gasteiger partial charge >= 0.3 is 0 Å². The van der Waals surface area contributed by atoms with Crippen LogP contribution in [0.5, 0.6) is 0 Å². The number of rotatable bonds is 0. The molecule has 1 heterocycles. The second kappa shape index (κ2) is 3.04. The maximum absolute atomic E-state index is 2.35. The van der Waals surface area contributed by atoms with Crippen LogP contribution in [0.3, 0.4) is 0 Å². The lowest BCUT2D eigenvalue weighted by molar-refractivity contribution is 0.548. The average molecular weight is 223 g/mol.